The highest BCUT2D eigenvalue weighted by Crippen LogP contribution is 2.39. The maximum absolute atomic E-state index is 2.67. The quantitative estimate of drug-likeness (QED) is 0.704. The lowest BCUT2D eigenvalue weighted by molar-refractivity contribution is 0.216. The minimum atomic E-state index is 0.666. The lowest BCUT2D eigenvalue weighted by Crippen LogP contribution is -2.34. The Morgan fingerprint density at radius 3 is 2.47 bits per heavy atom. The largest absolute Gasteiger partial charge is 0.303 e. The van der Waals surface area contributed by atoms with Crippen LogP contribution in [0.1, 0.15) is 40.0 Å². The van der Waals surface area contributed by atoms with E-state index in [0.29, 0.717) is 5.41 Å². The average molecular weight is 210 g/mol. The van der Waals surface area contributed by atoms with Crippen molar-refractivity contribution in [3.05, 3.63) is 0 Å². The van der Waals surface area contributed by atoms with Gasteiger partial charge in [0.05, 0.1) is 0 Å². The van der Waals surface area contributed by atoms with E-state index in [9.17, 15) is 0 Å². The SMILES string of the molecule is CCCN1CCC2(CCN(C(C)C)C2)C1. The lowest BCUT2D eigenvalue weighted by Gasteiger charge is -2.26. The molecule has 15 heavy (non-hydrogen) atoms. The topological polar surface area (TPSA) is 6.48 Å². The first kappa shape index (κ1) is 11.4. The summed E-state index contributed by atoms with van der Waals surface area (Å²) in [5, 5.41) is 0. The molecule has 2 aliphatic rings. The molecule has 2 aliphatic heterocycles. The number of likely N-dealkylation sites (tertiary alicyclic amines) is 2. The molecule has 2 rings (SSSR count). The highest BCUT2D eigenvalue weighted by molar-refractivity contribution is 4.97. The van der Waals surface area contributed by atoms with Gasteiger partial charge in [-0.25, -0.2) is 0 Å². The van der Waals surface area contributed by atoms with Crippen LogP contribution in [0.25, 0.3) is 0 Å². The monoisotopic (exact) mass is 210 g/mol. The van der Waals surface area contributed by atoms with Gasteiger partial charge < -0.3 is 9.80 Å². The van der Waals surface area contributed by atoms with Gasteiger partial charge in [0, 0.05) is 19.1 Å². The van der Waals surface area contributed by atoms with Crippen LogP contribution in [0, 0.1) is 5.41 Å². The minimum Gasteiger partial charge on any atom is -0.303 e. The van der Waals surface area contributed by atoms with E-state index in [1.165, 1.54) is 52.0 Å². The van der Waals surface area contributed by atoms with Gasteiger partial charge in [0.1, 0.15) is 0 Å². The van der Waals surface area contributed by atoms with Crippen LogP contribution < -0.4 is 0 Å². The van der Waals surface area contributed by atoms with Crippen LogP contribution in [0.15, 0.2) is 0 Å². The predicted octanol–water partition coefficient (Wildman–Crippen LogP) is 2.20. The van der Waals surface area contributed by atoms with Crippen molar-refractivity contribution in [2.75, 3.05) is 32.7 Å². The summed E-state index contributed by atoms with van der Waals surface area (Å²) in [6, 6.07) is 0.740. The highest BCUT2D eigenvalue weighted by Gasteiger charge is 2.43. The van der Waals surface area contributed by atoms with Gasteiger partial charge in [0.15, 0.2) is 0 Å². The summed E-state index contributed by atoms with van der Waals surface area (Å²) >= 11 is 0. The van der Waals surface area contributed by atoms with Crippen LogP contribution in [-0.2, 0) is 0 Å². The molecule has 0 aromatic rings. The van der Waals surface area contributed by atoms with Crippen molar-refractivity contribution < 1.29 is 0 Å². The number of nitrogens with zero attached hydrogens (tertiary/aromatic N) is 2. The molecular weight excluding hydrogens is 184 g/mol. The van der Waals surface area contributed by atoms with Crippen LogP contribution in [0.5, 0.6) is 0 Å². The first-order chi connectivity index (χ1) is 7.15. The molecule has 2 saturated heterocycles. The maximum atomic E-state index is 2.67. The summed E-state index contributed by atoms with van der Waals surface area (Å²) in [6.07, 6.45) is 4.19. The standard InChI is InChI=1S/C13H26N2/c1-4-7-14-8-5-13(10-14)6-9-15(11-13)12(2)3/h12H,4-11H2,1-3H3. The van der Waals surface area contributed by atoms with Gasteiger partial charge in [-0.05, 0) is 58.2 Å². The van der Waals surface area contributed by atoms with Crippen molar-refractivity contribution in [2.45, 2.75) is 46.1 Å². The van der Waals surface area contributed by atoms with E-state index in [1.807, 2.05) is 0 Å². The molecule has 0 radical (unpaired) electrons. The van der Waals surface area contributed by atoms with E-state index in [2.05, 4.69) is 30.6 Å². The fourth-order valence-electron chi connectivity index (χ4n) is 3.28. The van der Waals surface area contributed by atoms with Crippen LogP contribution in [-0.4, -0.2) is 48.6 Å². The summed E-state index contributed by atoms with van der Waals surface area (Å²) in [5.41, 5.74) is 0.666. The second-order valence-corrected chi connectivity index (χ2v) is 5.84. The van der Waals surface area contributed by atoms with E-state index in [0.717, 1.165) is 6.04 Å². The molecule has 0 amide bonds. The predicted molar refractivity (Wildman–Crippen MR) is 65.1 cm³/mol. The smallest absolute Gasteiger partial charge is 0.00539 e. The van der Waals surface area contributed by atoms with Gasteiger partial charge in [-0.2, -0.15) is 0 Å². The van der Waals surface area contributed by atoms with Gasteiger partial charge in [0.25, 0.3) is 0 Å². The third kappa shape index (κ3) is 2.36. The molecule has 0 bridgehead atoms. The van der Waals surface area contributed by atoms with Crippen molar-refractivity contribution in [3.8, 4) is 0 Å². The number of hydrogen-bond donors (Lipinski definition) is 0. The maximum Gasteiger partial charge on any atom is 0.00539 e. The average Bonchev–Trinajstić information content (AvgIpc) is 2.76. The molecule has 88 valence electrons. The van der Waals surface area contributed by atoms with Crippen molar-refractivity contribution >= 4 is 0 Å². The molecule has 0 aliphatic carbocycles. The van der Waals surface area contributed by atoms with Crippen LogP contribution in [0.4, 0.5) is 0 Å². The van der Waals surface area contributed by atoms with Crippen molar-refractivity contribution in [1.82, 2.24) is 9.80 Å². The van der Waals surface area contributed by atoms with E-state index < -0.39 is 0 Å². The van der Waals surface area contributed by atoms with Gasteiger partial charge in [0.2, 0.25) is 0 Å². The van der Waals surface area contributed by atoms with Crippen molar-refractivity contribution in [2.24, 2.45) is 5.41 Å². The zero-order valence-corrected chi connectivity index (χ0v) is 10.6. The third-order valence-corrected chi connectivity index (χ3v) is 4.26. The summed E-state index contributed by atoms with van der Waals surface area (Å²) in [6.45, 7) is 13.7. The molecular formula is C13H26N2. The Morgan fingerprint density at radius 2 is 1.87 bits per heavy atom. The molecule has 0 aromatic heterocycles. The van der Waals surface area contributed by atoms with Gasteiger partial charge in [-0.3, -0.25) is 0 Å². The highest BCUT2D eigenvalue weighted by atomic mass is 15.2. The molecule has 1 spiro atoms. The number of rotatable bonds is 3. The molecule has 2 heteroatoms. The lowest BCUT2D eigenvalue weighted by atomic mass is 9.86. The Balaban J connectivity index is 1.89. The summed E-state index contributed by atoms with van der Waals surface area (Å²) in [4.78, 5) is 5.33. The summed E-state index contributed by atoms with van der Waals surface area (Å²) in [7, 11) is 0. The van der Waals surface area contributed by atoms with E-state index >= 15 is 0 Å². The second-order valence-electron chi connectivity index (χ2n) is 5.84. The Bertz CT molecular complexity index is 215. The van der Waals surface area contributed by atoms with E-state index in [1.54, 1.807) is 0 Å². The fourth-order valence-corrected chi connectivity index (χ4v) is 3.28. The second kappa shape index (κ2) is 4.42. The Morgan fingerprint density at radius 1 is 1.13 bits per heavy atom. The van der Waals surface area contributed by atoms with Gasteiger partial charge >= 0.3 is 0 Å². The first-order valence-corrected chi connectivity index (χ1v) is 6.62. The molecule has 2 fully saturated rings. The van der Waals surface area contributed by atoms with Crippen LogP contribution >= 0.6 is 0 Å². The molecule has 1 atom stereocenters. The zero-order valence-electron chi connectivity index (χ0n) is 10.6. The minimum absolute atomic E-state index is 0.666. The number of hydrogen-bond acceptors (Lipinski definition) is 2. The molecule has 2 heterocycles. The molecule has 0 aromatic carbocycles. The Hall–Kier alpha value is -0.0800. The van der Waals surface area contributed by atoms with E-state index in [4.69, 9.17) is 0 Å². The first-order valence-electron chi connectivity index (χ1n) is 6.62. The fraction of sp³-hybridized carbons (Fsp3) is 1.00. The Labute approximate surface area is 94.6 Å². The van der Waals surface area contributed by atoms with Crippen molar-refractivity contribution in [1.29, 1.82) is 0 Å². The van der Waals surface area contributed by atoms with Crippen LogP contribution in [0.3, 0.4) is 0 Å². The molecule has 0 saturated carbocycles. The van der Waals surface area contributed by atoms with Crippen molar-refractivity contribution in [3.63, 3.8) is 0 Å². The normalized spacial score (nSPS) is 33.6. The molecule has 2 nitrogen and oxygen atoms in total. The molecule has 0 N–H and O–H groups in total. The summed E-state index contributed by atoms with van der Waals surface area (Å²) in [5.74, 6) is 0. The third-order valence-electron chi connectivity index (χ3n) is 4.26. The van der Waals surface area contributed by atoms with Gasteiger partial charge in [-0.1, -0.05) is 6.92 Å². The Kier molecular flexibility index (Phi) is 3.36. The zero-order chi connectivity index (χ0) is 10.9. The van der Waals surface area contributed by atoms with Gasteiger partial charge in [-0.15, -0.1) is 0 Å². The van der Waals surface area contributed by atoms with E-state index in [-0.39, 0.29) is 0 Å². The molecule has 1 unspecified atom stereocenters. The summed E-state index contributed by atoms with van der Waals surface area (Å²) < 4.78 is 0. The van der Waals surface area contributed by atoms with Crippen LogP contribution in [0.2, 0.25) is 0 Å².